The van der Waals surface area contributed by atoms with Crippen LogP contribution in [0.15, 0.2) is 133 Å². The van der Waals surface area contributed by atoms with Gasteiger partial charge in [0.1, 0.15) is 17.2 Å². The average Bonchev–Trinajstić information content (AvgIpc) is 3.58. The van der Waals surface area contributed by atoms with Crippen LogP contribution in [-0.2, 0) is 5.54 Å². The molecule has 4 heteroatoms. The summed E-state index contributed by atoms with van der Waals surface area (Å²) in [6, 6.07) is 43.2. The van der Waals surface area contributed by atoms with Gasteiger partial charge in [0.05, 0.1) is 6.04 Å². The molecule has 4 aromatic rings. The molecule has 0 amide bonds. The van der Waals surface area contributed by atoms with Crippen LogP contribution in [0.4, 0.5) is 5.69 Å². The van der Waals surface area contributed by atoms with Gasteiger partial charge in [0.2, 0.25) is 0 Å². The maximum Gasteiger partial charge on any atom is 0.149 e. The van der Waals surface area contributed by atoms with Gasteiger partial charge in [-0.1, -0.05) is 109 Å². The van der Waals surface area contributed by atoms with Crippen molar-refractivity contribution in [3.8, 4) is 0 Å². The molecular formula is C30H28N4. The van der Waals surface area contributed by atoms with Crippen molar-refractivity contribution in [1.82, 2.24) is 16.0 Å². The highest BCUT2D eigenvalue weighted by atomic mass is 15.4. The molecule has 0 bridgehead atoms. The zero-order valence-electron chi connectivity index (χ0n) is 19.0. The Balaban J connectivity index is 1.73. The Morgan fingerprint density at radius 1 is 0.588 bits per heavy atom. The third-order valence-corrected chi connectivity index (χ3v) is 6.82. The summed E-state index contributed by atoms with van der Waals surface area (Å²) in [4.78, 5) is 2.48. The SMILES string of the molecule is c1ccc(C2NC(=C3NCCN3)N(c3ccccc3)C2(c2ccccc2)c2ccccc2)cc1. The minimum atomic E-state index is -0.514. The summed E-state index contributed by atoms with van der Waals surface area (Å²) in [5, 5.41) is 11.1. The van der Waals surface area contributed by atoms with Crippen LogP contribution in [0.3, 0.4) is 0 Å². The van der Waals surface area contributed by atoms with E-state index in [0.29, 0.717) is 0 Å². The molecule has 2 fully saturated rings. The Kier molecular flexibility index (Phi) is 5.19. The van der Waals surface area contributed by atoms with E-state index < -0.39 is 5.54 Å². The maximum atomic E-state index is 3.97. The van der Waals surface area contributed by atoms with Crippen LogP contribution in [0, 0.1) is 0 Å². The van der Waals surface area contributed by atoms with Gasteiger partial charge >= 0.3 is 0 Å². The van der Waals surface area contributed by atoms with Crippen molar-refractivity contribution in [3.63, 3.8) is 0 Å². The summed E-state index contributed by atoms with van der Waals surface area (Å²) in [5.74, 6) is 2.10. The lowest BCUT2D eigenvalue weighted by Crippen LogP contribution is -2.46. The number of benzene rings is 4. The second-order valence-electron chi connectivity index (χ2n) is 8.73. The lowest BCUT2D eigenvalue weighted by atomic mass is 9.74. The van der Waals surface area contributed by atoms with Crippen molar-refractivity contribution in [3.05, 3.63) is 150 Å². The van der Waals surface area contributed by atoms with Crippen molar-refractivity contribution < 1.29 is 0 Å². The molecule has 168 valence electrons. The highest BCUT2D eigenvalue weighted by Gasteiger charge is 2.55. The van der Waals surface area contributed by atoms with Gasteiger partial charge in [-0.05, 0) is 28.8 Å². The Labute approximate surface area is 201 Å². The highest BCUT2D eigenvalue weighted by molar-refractivity contribution is 5.66. The summed E-state index contributed by atoms with van der Waals surface area (Å²) in [6.45, 7) is 1.81. The van der Waals surface area contributed by atoms with E-state index in [9.17, 15) is 0 Å². The number of nitrogens with zero attached hydrogens (tertiary/aromatic N) is 1. The van der Waals surface area contributed by atoms with Gasteiger partial charge in [0, 0.05) is 18.8 Å². The van der Waals surface area contributed by atoms with E-state index >= 15 is 0 Å². The molecule has 0 saturated carbocycles. The van der Waals surface area contributed by atoms with E-state index in [-0.39, 0.29) is 6.04 Å². The van der Waals surface area contributed by atoms with Gasteiger partial charge in [-0.3, -0.25) is 0 Å². The fourth-order valence-corrected chi connectivity index (χ4v) is 5.42. The summed E-state index contributed by atoms with van der Waals surface area (Å²) in [6.07, 6.45) is 0. The van der Waals surface area contributed by atoms with Gasteiger partial charge in [-0.15, -0.1) is 0 Å². The Morgan fingerprint density at radius 2 is 1.06 bits per heavy atom. The molecule has 0 radical (unpaired) electrons. The second-order valence-corrected chi connectivity index (χ2v) is 8.73. The third kappa shape index (κ3) is 3.22. The Bertz CT molecular complexity index is 1220. The predicted molar refractivity (Wildman–Crippen MR) is 138 cm³/mol. The van der Waals surface area contributed by atoms with E-state index in [1.54, 1.807) is 0 Å². The molecule has 2 heterocycles. The number of rotatable bonds is 4. The minimum Gasteiger partial charge on any atom is -0.367 e. The second kappa shape index (κ2) is 8.64. The molecule has 1 unspecified atom stereocenters. The molecule has 0 spiro atoms. The van der Waals surface area contributed by atoms with Gasteiger partial charge < -0.3 is 20.9 Å². The van der Waals surface area contributed by atoms with Gasteiger partial charge in [0.25, 0.3) is 0 Å². The normalized spacial score (nSPS) is 18.8. The molecule has 1 atom stereocenters. The van der Waals surface area contributed by atoms with Crippen molar-refractivity contribution in [2.24, 2.45) is 0 Å². The van der Waals surface area contributed by atoms with Crippen molar-refractivity contribution >= 4 is 5.69 Å². The van der Waals surface area contributed by atoms with Crippen LogP contribution in [0.1, 0.15) is 22.7 Å². The van der Waals surface area contributed by atoms with E-state index in [4.69, 9.17) is 0 Å². The first-order chi connectivity index (χ1) is 16.9. The zero-order valence-corrected chi connectivity index (χ0v) is 19.0. The number of para-hydroxylation sites is 1. The molecular weight excluding hydrogens is 416 g/mol. The predicted octanol–water partition coefficient (Wildman–Crippen LogP) is 5.10. The van der Waals surface area contributed by atoms with E-state index in [1.165, 1.54) is 16.7 Å². The molecule has 6 rings (SSSR count). The third-order valence-electron chi connectivity index (χ3n) is 6.82. The van der Waals surface area contributed by atoms with Crippen LogP contribution in [0.2, 0.25) is 0 Å². The Morgan fingerprint density at radius 3 is 1.59 bits per heavy atom. The summed E-state index contributed by atoms with van der Waals surface area (Å²) in [7, 11) is 0. The molecule has 2 saturated heterocycles. The number of anilines is 1. The molecule has 3 N–H and O–H groups in total. The van der Waals surface area contributed by atoms with E-state index in [2.05, 4.69) is 142 Å². The van der Waals surface area contributed by atoms with Crippen LogP contribution in [0.25, 0.3) is 0 Å². The van der Waals surface area contributed by atoms with Crippen LogP contribution in [-0.4, -0.2) is 13.1 Å². The van der Waals surface area contributed by atoms with Gasteiger partial charge in [0.15, 0.2) is 0 Å². The van der Waals surface area contributed by atoms with Crippen molar-refractivity contribution in [2.45, 2.75) is 11.6 Å². The Hall–Kier alpha value is -4.18. The molecule has 4 aromatic carbocycles. The highest BCUT2D eigenvalue weighted by Crippen LogP contribution is 2.54. The molecule has 0 aromatic heterocycles. The molecule has 4 nitrogen and oxygen atoms in total. The average molecular weight is 445 g/mol. The standard InChI is InChI=1S/C30H28N4/c1-5-13-23(14-6-1)27-30(24-15-7-2-8-16-24,25-17-9-3-10-18-25)34(26-19-11-4-12-20-26)29(33-27)28-31-21-22-32-28/h1-20,27,31-33H,21-22H2. The first kappa shape index (κ1) is 20.4. The molecule has 0 aliphatic carbocycles. The maximum absolute atomic E-state index is 3.97. The number of hydrogen-bond acceptors (Lipinski definition) is 4. The minimum absolute atomic E-state index is 0.0228. The number of nitrogens with one attached hydrogen (secondary N) is 3. The largest absolute Gasteiger partial charge is 0.367 e. The fraction of sp³-hybridized carbons (Fsp3) is 0.133. The molecule has 34 heavy (non-hydrogen) atoms. The molecule has 2 aliphatic heterocycles. The lowest BCUT2D eigenvalue weighted by molar-refractivity contribution is 0.448. The van der Waals surface area contributed by atoms with Crippen LogP contribution >= 0.6 is 0 Å². The summed E-state index contributed by atoms with van der Waals surface area (Å²) in [5.41, 5.74) is 4.34. The van der Waals surface area contributed by atoms with Gasteiger partial charge in [-0.25, -0.2) is 0 Å². The van der Waals surface area contributed by atoms with Gasteiger partial charge in [-0.2, -0.15) is 0 Å². The molecule has 2 aliphatic rings. The quantitative estimate of drug-likeness (QED) is 0.410. The first-order valence-electron chi connectivity index (χ1n) is 11.9. The summed E-state index contributed by atoms with van der Waals surface area (Å²) >= 11 is 0. The fourth-order valence-electron chi connectivity index (χ4n) is 5.42. The van der Waals surface area contributed by atoms with E-state index in [1.807, 2.05) is 0 Å². The first-order valence-corrected chi connectivity index (χ1v) is 11.9. The zero-order chi connectivity index (χ0) is 22.8. The van der Waals surface area contributed by atoms with Crippen LogP contribution in [0.5, 0.6) is 0 Å². The van der Waals surface area contributed by atoms with E-state index in [0.717, 1.165) is 30.4 Å². The topological polar surface area (TPSA) is 39.3 Å². The van der Waals surface area contributed by atoms with Crippen molar-refractivity contribution in [1.29, 1.82) is 0 Å². The monoisotopic (exact) mass is 444 g/mol. The lowest BCUT2D eigenvalue weighted by Gasteiger charge is -2.43. The number of hydrogen-bond donors (Lipinski definition) is 3. The summed E-state index contributed by atoms with van der Waals surface area (Å²) < 4.78 is 0. The smallest absolute Gasteiger partial charge is 0.149 e. The van der Waals surface area contributed by atoms with Crippen molar-refractivity contribution in [2.75, 3.05) is 18.0 Å². The van der Waals surface area contributed by atoms with Crippen LogP contribution < -0.4 is 20.9 Å².